The first-order valence-corrected chi connectivity index (χ1v) is 6.18. The highest BCUT2D eigenvalue weighted by molar-refractivity contribution is 6.30. The van der Waals surface area contributed by atoms with Gasteiger partial charge in [-0.05, 0) is 42.5 Å². The minimum atomic E-state index is 0.218. The van der Waals surface area contributed by atoms with Gasteiger partial charge >= 0.3 is 0 Å². The predicted octanol–water partition coefficient (Wildman–Crippen LogP) is 4.37. The Morgan fingerprint density at radius 2 is 2.00 bits per heavy atom. The lowest BCUT2D eigenvalue weighted by Gasteiger charge is -2.03. The van der Waals surface area contributed by atoms with Gasteiger partial charge in [-0.1, -0.05) is 17.7 Å². The van der Waals surface area contributed by atoms with Gasteiger partial charge in [0.25, 0.3) is 0 Å². The van der Waals surface area contributed by atoms with Crippen LogP contribution in [0, 0.1) is 0 Å². The van der Waals surface area contributed by atoms with Crippen LogP contribution in [0.15, 0.2) is 52.9 Å². The number of rotatable bonds is 3. The second-order valence-corrected chi connectivity index (χ2v) is 4.62. The van der Waals surface area contributed by atoms with Gasteiger partial charge in [-0.2, -0.15) is 0 Å². The van der Waals surface area contributed by atoms with Crippen molar-refractivity contribution in [2.45, 2.75) is 6.61 Å². The van der Waals surface area contributed by atoms with Crippen molar-refractivity contribution in [3.8, 4) is 11.5 Å². The molecule has 0 aliphatic heterocycles. The summed E-state index contributed by atoms with van der Waals surface area (Å²) in [6.45, 7) is 0.315. The van der Waals surface area contributed by atoms with Gasteiger partial charge < -0.3 is 14.3 Å². The number of furan rings is 1. The summed E-state index contributed by atoms with van der Waals surface area (Å²) < 4.78 is 11.2. The summed E-state index contributed by atoms with van der Waals surface area (Å²) in [5.74, 6) is 1.60. The molecule has 1 heterocycles. The van der Waals surface area contributed by atoms with E-state index in [0.717, 1.165) is 11.0 Å². The van der Waals surface area contributed by atoms with Crippen LogP contribution in [0.2, 0.25) is 5.02 Å². The first-order chi connectivity index (χ1) is 9.20. The first kappa shape index (κ1) is 11.9. The van der Waals surface area contributed by atoms with E-state index >= 15 is 0 Å². The normalized spacial score (nSPS) is 10.8. The van der Waals surface area contributed by atoms with Gasteiger partial charge in [-0.3, -0.25) is 0 Å². The lowest BCUT2D eigenvalue weighted by Crippen LogP contribution is -1.93. The molecular formula is C15H11ClO3. The fraction of sp³-hybridized carbons (Fsp3) is 0.0667. The summed E-state index contributed by atoms with van der Waals surface area (Å²) in [7, 11) is 0. The van der Waals surface area contributed by atoms with Crippen LogP contribution in [-0.2, 0) is 6.61 Å². The smallest absolute Gasteiger partial charge is 0.146 e. The molecule has 0 radical (unpaired) electrons. The number of fused-ring (bicyclic) bond motifs is 1. The summed E-state index contributed by atoms with van der Waals surface area (Å²) in [4.78, 5) is 0. The third kappa shape index (κ3) is 2.66. The van der Waals surface area contributed by atoms with Crippen molar-refractivity contribution >= 4 is 22.6 Å². The lowest BCUT2D eigenvalue weighted by molar-refractivity contribution is 0.274. The van der Waals surface area contributed by atoms with E-state index in [2.05, 4.69) is 0 Å². The summed E-state index contributed by atoms with van der Waals surface area (Å²) in [5.41, 5.74) is 0.725. The quantitative estimate of drug-likeness (QED) is 0.771. The summed E-state index contributed by atoms with van der Waals surface area (Å²) in [5, 5.41) is 10.9. The van der Waals surface area contributed by atoms with Crippen molar-refractivity contribution < 1.29 is 14.3 Å². The number of benzene rings is 2. The van der Waals surface area contributed by atoms with E-state index in [1.54, 1.807) is 30.3 Å². The minimum absolute atomic E-state index is 0.218. The molecule has 0 bridgehead atoms. The molecule has 96 valence electrons. The number of hydrogen-bond acceptors (Lipinski definition) is 3. The SMILES string of the molecule is Oc1ccc2oc(COc3cccc(Cl)c3)cc2c1. The number of phenols is 1. The molecule has 3 rings (SSSR count). The molecule has 2 aromatic carbocycles. The van der Waals surface area contributed by atoms with Crippen molar-refractivity contribution in [3.63, 3.8) is 0 Å². The number of aromatic hydroxyl groups is 1. The number of hydrogen-bond donors (Lipinski definition) is 1. The maximum atomic E-state index is 9.39. The summed E-state index contributed by atoms with van der Waals surface area (Å²) in [6, 6.07) is 14.0. The molecule has 0 spiro atoms. The molecule has 1 aromatic heterocycles. The molecule has 4 heteroatoms. The van der Waals surface area contributed by atoms with Crippen molar-refractivity contribution in [2.24, 2.45) is 0 Å². The zero-order valence-electron chi connectivity index (χ0n) is 9.97. The molecule has 3 nitrogen and oxygen atoms in total. The maximum Gasteiger partial charge on any atom is 0.146 e. The second-order valence-electron chi connectivity index (χ2n) is 4.18. The van der Waals surface area contributed by atoms with Crippen LogP contribution in [0.4, 0.5) is 0 Å². The van der Waals surface area contributed by atoms with Crippen LogP contribution in [0.25, 0.3) is 11.0 Å². The molecule has 0 fully saturated rings. The van der Waals surface area contributed by atoms with E-state index in [1.807, 2.05) is 18.2 Å². The van der Waals surface area contributed by atoms with Gasteiger partial charge in [-0.15, -0.1) is 0 Å². The van der Waals surface area contributed by atoms with Crippen molar-refractivity contribution in [3.05, 3.63) is 59.3 Å². The van der Waals surface area contributed by atoms with Gasteiger partial charge in [0.05, 0.1) is 0 Å². The van der Waals surface area contributed by atoms with Gasteiger partial charge in [0.15, 0.2) is 0 Å². The fourth-order valence-electron chi connectivity index (χ4n) is 1.87. The van der Waals surface area contributed by atoms with Crippen LogP contribution in [0.1, 0.15) is 5.76 Å². The van der Waals surface area contributed by atoms with Gasteiger partial charge in [0, 0.05) is 10.4 Å². The third-order valence-corrected chi connectivity index (χ3v) is 2.96. The summed E-state index contributed by atoms with van der Waals surface area (Å²) in [6.07, 6.45) is 0. The maximum absolute atomic E-state index is 9.39. The fourth-order valence-corrected chi connectivity index (χ4v) is 2.05. The zero-order chi connectivity index (χ0) is 13.2. The molecular weight excluding hydrogens is 264 g/mol. The largest absolute Gasteiger partial charge is 0.508 e. The Labute approximate surface area is 115 Å². The van der Waals surface area contributed by atoms with E-state index in [4.69, 9.17) is 20.8 Å². The Morgan fingerprint density at radius 3 is 2.84 bits per heavy atom. The second kappa shape index (κ2) is 4.86. The Hall–Kier alpha value is -2.13. The Bertz CT molecular complexity index is 718. The lowest BCUT2D eigenvalue weighted by atomic mass is 10.2. The standard InChI is InChI=1S/C15H11ClO3/c16-11-2-1-3-13(8-11)18-9-14-7-10-6-12(17)4-5-15(10)19-14/h1-8,17H,9H2. The van der Waals surface area contributed by atoms with Crippen molar-refractivity contribution in [1.29, 1.82) is 0 Å². The van der Waals surface area contributed by atoms with E-state index in [1.165, 1.54) is 0 Å². The van der Waals surface area contributed by atoms with Gasteiger partial charge in [-0.25, -0.2) is 0 Å². The van der Waals surface area contributed by atoms with E-state index in [-0.39, 0.29) is 5.75 Å². The molecule has 0 unspecified atom stereocenters. The molecule has 19 heavy (non-hydrogen) atoms. The van der Waals surface area contributed by atoms with Crippen molar-refractivity contribution in [1.82, 2.24) is 0 Å². The molecule has 0 amide bonds. The first-order valence-electron chi connectivity index (χ1n) is 5.80. The van der Waals surface area contributed by atoms with Crippen LogP contribution >= 0.6 is 11.6 Å². The highest BCUT2D eigenvalue weighted by Crippen LogP contribution is 2.25. The van der Waals surface area contributed by atoms with E-state index in [9.17, 15) is 5.11 Å². The molecule has 1 N–H and O–H groups in total. The molecule has 0 saturated heterocycles. The summed E-state index contributed by atoms with van der Waals surface area (Å²) >= 11 is 5.88. The predicted molar refractivity (Wildman–Crippen MR) is 73.7 cm³/mol. The average Bonchev–Trinajstić information content (AvgIpc) is 2.78. The van der Waals surface area contributed by atoms with E-state index < -0.39 is 0 Å². The average molecular weight is 275 g/mol. The third-order valence-electron chi connectivity index (χ3n) is 2.73. The Kier molecular flexibility index (Phi) is 3.05. The Balaban J connectivity index is 1.78. The van der Waals surface area contributed by atoms with Gasteiger partial charge in [0.2, 0.25) is 0 Å². The molecule has 0 atom stereocenters. The number of ether oxygens (including phenoxy) is 1. The molecule has 3 aromatic rings. The van der Waals surface area contributed by atoms with Crippen LogP contribution in [0.5, 0.6) is 11.5 Å². The Morgan fingerprint density at radius 1 is 1.11 bits per heavy atom. The van der Waals surface area contributed by atoms with Gasteiger partial charge in [0.1, 0.15) is 29.4 Å². The zero-order valence-corrected chi connectivity index (χ0v) is 10.7. The van der Waals surface area contributed by atoms with Crippen LogP contribution in [-0.4, -0.2) is 5.11 Å². The highest BCUT2D eigenvalue weighted by Gasteiger charge is 2.05. The highest BCUT2D eigenvalue weighted by atomic mass is 35.5. The monoisotopic (exact) mass is 274 g/mol. The number of halogens is 1. The molecule has 0 aliphatic carbocycles. The van der Waals surface area contributed by atoms with Crippen molar-refractivity contribution in [2.75, 3.05) is 0 Å². The minimum Gasteiger partial charge on any atom is -0.508 e. The molecule has 0 saturated carbocycles. The molecule has 0 aliphatic rings. The topological polar surface area (TPSA) is 42.6 Å². The number of phenolic OH excluding ortho intramolecular Hbond substituents is 1. The van der Waals surface area contributed by atoms with Crippen LogP contribution in [0.3, 0.4) is 0 Å². The van der Waals surface area contributed by atoms with Crippen LogP contribution < -0.4 is 4.74 Å². The van der Waals surface area contributed by atoms with E-state index in [0.29, 0.717) is 23.1 Å².